The third-order valence-electron chi connectivity index (χ3n) is 6.45. The predicted octanol–water partition coefficient (Wildman–Crippen LogP) is 7.79. The molecule has 2 amide bonds. The third-order valence-corrected chi connectivity index (χ3v) is 6.96. The Morgan fingerprint density at radius 2 is 1.53 bits per heavy atom. The van der Waals surface area contributed by atoms with E-state index in [0.717, 1.165) is 6.42 Å². The second kappa shape index (κ2) is 8.40. The van der Waals surface area contributed by atoms with Gasteiger partial charge >= 0.3 is 12.4 Å². The summed E-state index contributed by atoms with van der Waals surface area (Å²) in [5.74, 6) is -0.321. The lowest BCUT2D eigenvalue weighted by Gasteiger charge is -2.38. The summed E-state index contributed by atoms with van der Waals surface area (Å²) in [6, 6.07) is 19.2. The summed E-state index contributed by atoms with van der Waals surface area (Å²) in [6.45, 7) is 0. The Balaban J connectivity index is 1.68. The van der Waals surface area contributed by atoms with Gasteiger partial charge < -0.3 is 4.74 Å². The van der Waals surface area contributed by atoms with E-state index in [0.29, 0.717) is 39.8 Å². The van der Waals surface area contributed by atoms with Crippen molar-refractivity contribution >= 4 is 40.6 Å². The van der Waals surface area contributed by atoms with Gasteiger partial charge in [-0.2, -0.15) is 0 Å². The molecule has 2 aliphatic rings. The fraction of sp³-hybridized carbons (Fsp3) is 0.240. The Hall–Kier alpha value is -2.90. The van der Waals surface area contributed by atoms with Crippen LogP contribution in [-0.2, 0) is 5.54 Å². The van der Waals surface area contributed by atoms with Crippen LogP contribution in [0.1, 0.15) is 24.8 Å². The highest BCUT2D eigenvalue weighted by atomic mass is 35.5. The van der Waals surface area contributed by atoms with E-state index in [1.54, 1.807) is 64.4 Å². The molecule has 4 nitrogen and oxygen atoms in total. The van der Waals surface area contributed by atoms with Crippen LogP contribution in [0.2, 0.25) is 10.0 Å². The topological polar surface area (TPSA) is 32.8 Å². The Morgan fingerprint density at radius 3 is 2.15 bits per heavy atom. The van der Waals surface area contributed by atoms with Gasteiger partial charge in [0.15, 0.2) is 0 Å². The molecule has 0 aromatic heterocycles. The van der Waals surface area contributed by atoms with Crippen molar-refractivity contribution in [1.29, 1.82) is 0 Å². The summed E-state index contributed by atoms with van der Waals surface area (Å²) >= 11 is 12.2. The Bertz CT molecular complexity index is 1220. The first-order valence-corrected chi connectivity index (χ1v) is 11.5. The van der Waals surface area contributed by atoms with Gasteiger partial charge in [-0.3, -0.25) is 9.80 Å². The first-order valence-electron chi connectivity index (χ1n) is 10.7. The van der Waals surface area contributed by atoms with Crippen LogP contribution in [-0.4, -0.2) is 18.4 Å². The molecule has 0 N–H and O–H groups in total. The van der Waals surface area contributed by atoms with Gasteiger partial charge in [-0.05, 0) is 85.5 Å². The monoisotopic (exact) mass is 506 g/mol. The molecule has 2 atom stereocenters. The van der Waals surface area contributed by atoms with E-state index < -0.39 is 11.9 Å². The predicted molar refractivity (Wildman–Crippen MR) is 126 cm³/mol. The van der Waals surface area contributed by atoms with Crippen molar-refractivity contribution in [3.8, 4) is 5.75 Å². The van der Waals surface area contributed by atoms with Crippen molar-refractivity contribution in [2.75, 3.05) is 9.80 Å². The highest BCUT2D eigenvalue weighted by Crippen LogP contribution is 2.54. The number of carbonyl (C=O) groups excluding carboxylic acids is 1. The van der Waals surface area contributed by atoms with Crippen molar-refractivity contribution in [1.82, 2.24) is 0 Å². The number of hydrogen-bond acceptors (Lipinski definition) is 2. The molecule has 0 spiro atoms. The molecule has 176 valence electrons. The van der Waals surface area contributed by atoms with Crippen LogP contribution < -0.4 is 14.5 Å². The lowest BCUT2D eigenvalue weighted by Crippen LogP contribution is -2.46. The lowest BCUT2D eigenvalue weighted by atomic mass is 9.83. The fourth-order valence-corrected chi connectivity index (χ4v) is 5.49. The number of amides is 2. The van der Waals surface area contributed by atoms with Crippen molar-refractivity contribution in [2.24, 2.45) is 0 Å². The van der Waals surface area contributed by atoms with Crippen molar-refractivity contribution in [2.45, 2.75) is 37.2 Å². The Kier molecular flexibility index (Phi) is 5.65. The number of alkyl halides is 3. The summed E-state index contributed by atoms with van der Waals surface area (Å²) in [7, 11) is 0. The van der Waals surface area contributed by atoms with E-state index in [2.05, 4.69) is 4.74 Å². The molecule has 2 fully saturated rings. The maximum absolute atomic E-state index is 14.0. The maximum Gasteiger partial charge on any atom is 0.573 e. The number of urea groups is 1. The SMILES string of the molecule is O=C1N(c2ccc(Cl)cc2)[C@H]2CCC[C@@]2(c2cccc(OC(F)(F)F)c2)N1c1ccc(Cl)cc1. The number of rotatable bonds is 4. The van der Waals surface area contributed by atoms with E-state index in [-0.39, 0.29) is 17.8 Å². The van der Waals surface area contributed by atoms with Crippen LogP contribution in [0.3, 0.4) is 0 Å². The molecule has 34 heavy (non-hydrogen) atoms. The smallest absolute Gasteiger partial charge is 0.406 e. The van der Waals surface area contributed by atoms with Crippen LogP contribution in [0.15, 0.2) is 72.8 Å². The molecule has 3 aromatic rings. The molecule has 0 radical (unpaired) electrons. The van der Waals surface area contributed by atoms with Gasteiger partial charge in [0.05, 0.1) is 11.6 Å². The van der Waals surface area contributed by atoms with E-state index in [1.165, 1.54) is 18.2 Å². The third kappa shape index (κ3) is 3.87. The Labute approximate surface area is 204 Å². The molecular formula is C25H19Cl2F3N2O2. The zero-order valence-electron chi connectivity index (χ0n) is 17.7. The summed E-state index contributed by atoms with van der Waals surface area (Å²) in [4.78, 5) is 17.4. The number of fused-ring (bicyclic) bond motifs is 1. The molecule has 9 heteroatoms. The molecule has 1 aliphatic carbocycles. The summed E-state index contributed by atoms with van der Waals surface area (Å²) in [6.07, 6.45) is -2.77. The van der Waals surface area contributed by atoms with Crippen LogP contribution in [0, 0.1) is 0 Å². The van der Waals surface area contributed by atoms with E-state index >= 15 is 0 Å². The quantitative estimate of drug-likeness (QED) is 0.361. The first kappa shape index (κ1) is 22.9. The molecule has 5 rings (SSSR count). The fourth-order valence-electron chi connectivity index (χ4n) is 5.24. The summed E-state index contributed by atoms with van der Waals surface area (Å²) in [5.41, 5.74) is 0.969. The van der Waals surface area contributed by atoms with Crippen LogP contribution in [0.5, 0.6) is 5.75 Å². The molecule has 1 saturated carbocycles. The van der Waals surface area contributed by atoms with Crippen LogP contribution in [0.25, 0.3) is 0 Å². The number of hydrogen-bond donors (Lipinski definition) is 0. The molecule has 3 aromatic carbocycles. The number of anilines is 2. The largest absolute Gasteiger partial charge is 0.573 e. The second-order valence-corrected chi connectivity index (χ2v) is 9.22. The standard InChI is InChI=1S/C25H19Cl2F3N2O2/c26-17-6-10-19(11-7-17)31-22-5-2-14-24(22,16-3-1-4-21(15-16)34-25(28,29)30)32(23(31)33)20-12-8-18(27)9-13-20/h1,3-4,6-13,15,22H,2,5,14H2/t22-,24-/m0/s1. The van der Waals surface area contributed by atoms with Gasteiger partial charge in [-0.1, -0.05) is 35.3 Å². The molecular weight excluding hydrogens is 488 g/mol. The van der Waals surface area contributed by atoms with Gasteiger partial charge in [0.1, 0.15) is 5.75 Å². The number of nitrogens with zero attached hydrogens (tertiary/aromatic N) is 2. The highest BCUT2D eigenvalue weighted by Gasteiger charge is 2.61. The van der Waals surface area contributed by atoms with E-state index in [1.807, 2.05) is 0 Å². The molecule has 0 bridgehead atoms. The summed E-state index contributed by atoms with van der Waals surface area (Å²) in [5, 5.41) is 1.06. The van der Waals surface area contributed by atoms with Gasteiger partial charge in [0.25, 0.3) is 0 Å². The normalized spacial score (nSPS) is 22.3. The molecule has 1 saturated heterocycles. The molecule has 1 aliphatic heterocycles. The van der Waals surface area contributed by atoms with Crippen molar-refractivity contribution in [3.05, 3.63) is 88.4 Å². The van der Waals surface area contributed by atoms with Gasteiger partial charge in [-0.25, -0.2) is 4.79 Å². The zero-order valence-corrected chi connectivity index (χ0v) is 19.2. The average molecular weight is 507 g/mol. The van der Waals surface area contributed by atoms with E-state index in [9.17, 15) is 18.0 Å². The molecule has 1 heterocycles. The van der Waals surface area contributed by atoms with Gasteiger partial charge in [0.2, 0.25) is 0 Å². The molecule has 0 unspecified atom stereocenters. The van der Waals surface area contributed by atoms with E-state index in [4.69, 9.17) is 23.2 Å². The number of benzene rings is 3. The minimum Gasteiger partial charge on any atom is -0.406 e. The Morgan fingerprint density at radius 1 is 0.912 bits per heavy atom. The minimum absolute atomic E-state index is 0.267. The average Bonchev–Trinajstić information content (AvgIpc) is 3.30. The van der Waals surface area contributed by atoms with Gasteiger partial charge in [-0.15, -0.1) is 13.2 Å². The second-order valence-electron chi connectivity index (χ2n) is 8.35. The lowest BCUT2D eigenvalue weighted by molar-refractivity contribution is -0.274. The summed E-state index contributed by atoms with van der Waals surface area (Å²) < 4.78 is 43.1. The minimum atomic E-state index is -4.82. The van der Waals surface area contributed by atoms with Gasteiger partial charge in [0, 0.05) is 21.4 Å². The number of halogens is 5. The number of carbonyl (C=O) groups is 1. The van der Waals surface area contributed by atoms with Crippen LogP contribution in [0.4, 0.5) is 29.3 Å². The van der Waals surface area contributed by atoms with Crippen LogP contribution >= 0.6 is 23.2 Å². The first-order chi connectivity index (χ1) is 16.2. The number of ether oxygens (including phenoxy) is 1. The zero-order chi connectivity index (χ0) is 24.1. The highest BCUT2D eigenvalue weighted by molar-refractivity contribution is 6.31. The van der Waals surface area contributed by atoms with Crippen molar-refractivity contribution < 1.29 is 22.7 Å². The van der Waals surface area contributed by atoms with Crippen molar-refractivity contribution in [3.63, 3.8) is 0 Å². The maximum atomic E-state index is 14.0.